The minimum absolute atomic E-state index is 0.00124. The molecule has 2 aliphatic rings. The molecule has 1 aromatic heterocycles. The van der Waals surface area contributed by atoms with Crippen molar-refractivity contribution in [1.82, 2.24) is 15.2 Å². The van der Waals surface area contributed by atoms with Crippen LogP contribution < -0.4 is 11.1 Å². The molecule has 1 fully saturated rings. The van der Waals surface area contributed by atoms with Gasteiger partial charge in [-0.05, 0) is 5.57 Å². The maximum atomic E-state index is 13.1. The van der Waals surface area contributed by atoms with E-state index in [0.717, 1.165) is 11.3 Å². The number of fused-ring (bicyclic) bond motifs is 1. The normalized spacial score (nSPS) is 20.5. The van der Waals surface area contributed by atoms with Crippen LogP contribution in [-0.4, -0.2) is 83.6 Å². The summed E-state index contributed by atoms with van der Waals surface area (Å²) >= 11 is 2.47. The first kappa shape index (κ1) is 27.2. The number of nitrogens with one attached hydrogen (secondary N) is 1. The molecule has 0 bridgehead atoms. The van der Waals surface area contributed by atoms with Crippen molar-refractivity contribution < 1.29 is 38.2 Å². The van der Waals surface area contributed by atoms with Crippen LogP contribution >= 0.6 is 23.1 Å². The zero-order chi connectivity index (χ0) is 26.4. The first-order valence-electron chi connectivity index (χ1n) is 10.5. The molecule has 0 aliphatic carbocycles. The number of anilines is 1. The zero-order valence-corrected chi connectivity index (χ0v) is 21.5. The standard InChI is InChI=1S/C21H25N5O8S2/c1-10(27)33-11(2)34-20(30)16-12(6-5-7-31-3)8-35-19-15(18(29)26(16)19)24-17(28)14(25-32-4)13-9-36-21(22)23-13/h5-6,9,11,15,19H,7-8H2,1-4H3,(H2,22,23)(H,24,28)/b6-5+,25-14-/t11?,15-,19+/m1/s1. The summed E-state index contributed by atoms with van der Waals surface area (Å²) < 4.78 is 15.1. The van der Waals surface area contributed by atoms with E-state index in [9.17, 15) is 19.2 Å². The van der Waals surface area contributed by atoms with Crippen LogP contribution in [0.1, 0.15) is 19.5 Å². The van der Waals surface area contributed by atoms with Gasteiger partial charge in [-0.25, -0.2) is 9.78 Å². The number of allylic oxidation sites excluding steroid dienone is 1. The number of aromatic nitrogens is 1. The van der Waals surface area contributed by atoms with E-state index >= 15 is 0 Å². The summed E-state index contributed by atoms with van der Waals surface area (Å²) in [5.41, 5.74) is 6.22. The van der Waals surface area contributed by atoms with Gasteiger partial charge in [-0.2, -0.15) is 0 Å². The number of ether oxygens (including phenoxy) is 3. The predicted octanol–water partition coefficient (Wildman–Crippen LogP) is 0.385. The van der Waals surface area contributed by atoms with Crippen molar-refractivity contribution in [2.45, 2.75) is 31.6 Å². The summed E-state index contributed by atoms with van der Waals surface area (Å²) in [7, 11) is 2.79. The third-order valence-corrected chi connectivity index (χ3v) is 6.80. The van der Waals surface area contributed by atoms with Gasteiger partial charge in [0, 0.05) is 32.1 Å². The molecule has 36 heavy (non-hydrogen) atoms. The molecule has 2 aliphatic heterocycles. The molecule has 0 radical (unpaired) electrons. The van der Waals surface area contributed by atoms with Gasteiger partial charge in [0.05, 0.1) is 6.61 Å². The number of carbonyl (C=O) groups excluding carboxylic acids is 4. The molecule has 3 heterocycles. The minimum atomic E-state index is -1.16. The van der Waals surface area contributed by atoms with E-state index in [1.165, 1.54) is 50.1 Å². The molecule has 0 aromatic carbocycles. The monoisotopic (exact) mass is 539 g/mol. The van der Waals surface area contributed by atoms with Crippen LogP contribution in [0.4, 0.5) is 5.13 Å². The molecule has 3 atom stereocenters. The molecule has 3 rings (SSSR count). The number of rotatable bonds is 10. The molecule has 194 valence electrons. The fraction of sp³-hybridized carbons (Fsp3) is 0.429. The Morgan fingerprint density at radius 3 is 2.72 bits per heavy atom. The van der Waals surface area contributed by atoms with Crippen molar-refractivity contribution in [3.8, 4) is 0 Å². The van der Waals surface area contributed by atoms with Gasteiger partial charge in [0.1, 0.15) is 29.9 Å². The summed E-state index contributed by atoms with van der Waals surface area (Å²) in [6.45, 7) is 2.86. The summed E-state index contributed by atoms with van der Waals surface area (Å²) in [5.74, 6) is -2.35. The lowest BCUT2D eigenvalue weighted by Crippen LogP contribution is -2.71. The molecule has 1 saturated heterocycles. The number of thiazole rings is 1. The first-order chi connectivity index (χ1) is 17.2. The Morgan fingerprint density at radius 1 is 1.36 bits per heavy atom. The van der Waals surface area contributed by atoms with E-state index in [2.05, 4.69) is 15.5 Å². The van der Waals surface area contributed by atoms with Crippen LogP contribution in [0.2, 0.25) is 0 Å². The highest BCUT2D eigenvalue weighted by atomic mass is 32.2. The molecular formula is C21H25N5O8S2. The number of oxime groups is 1. The van der Waals surface area contributed by atoms with Crippen molar-refractivity contribution in [3.63, 3.8) is 0 Å². The van der Waals surface area contributed by atoms with Gasteiger partial charge in [-0.15, -0.1) is 23.1 Å². The number of methoxy groups -OCH3 is 1. The van der Waals surface area contributed by atoms with E-state index in [0.29, 0.717) is 17.9 Å². The fourth-order valence-corrected chi connectivity index (χ4v) is 5.28. The summed E-state index contributed by atoms with van der Waals surface area (Å²) in [6.07, 6.45) is 2.19. The lowest BCUT2D eigenvalue weighted by Gasteiger charge is -2.49. The van der Waals surface area contributed by atoms with Crippen molar-refractivity contribution in [1.29, 1.82) is 0 Å². The smallest absolute Gasteiger partial charge is 0.358 e. The number of hydrogen-bond acceptors (Lipinski definition) is 13. The van der Waals surface area contributed by atoms with Gasteiger partial charge < -0.3 is 30.1 Å². The van der Waals surface area contributed by atoms with Crippen LogP contribution in [0.15, 0.2) is 34.0 Å². The van der Waals surface area contributed by atoms with Crippen molar-refractivity contribution in [3.05, 3.63) is 34.5 Å². The highest BCUT2D eigenvalue weighted by Crippen LogP contribution is 2.41. The third-order valence-electron chi connectivity index (χ3n) is 4.83. The maximum Gasteiger partial charge on any atom is 0.358 e. The van der Waals surface area contributed by atoms with Crippen molar-refractivity contribution in [2.75, 3.05) is 32.3 Å². The van der Waals surface area contributed by atoms with E-state index in [1.807, 2.05) is 0 Å². The molecule has 3 N–H and O–H groups in total. The molecule has 1 unspecified atom stereocenters. The van der Waals surface area contributed by atoms with E-state index < -0.39 is 41.5 Å². The number of thioether (sulfide) groups is 1. The van der Waals surface area contributed by atoms with Crippen LogP contribution in [0.25, 0.3) is 0 Å². The lowest BCUT2D eigenvalue weighted by molar-refractivity contribution is -0.182. The Labute approximate surface area is 214 Å². The van der Waals surface area contributed by atoms with Crippen LogP contribution in [0.5, 0.6) is 0 Å². The summed E-state index contributed by atoms with van der Waals surface area (Å²) in [4.78, 5) is 60.3. The number of nitrogens with two attached hydrogens (primary N) is 1. The highest BCUT2D eigenvalue weighted by Gasteiger charge is 2.54. The molecule has 0 spiro atoms. The molecule has 15 heteroatoms. The molecule has 13 nitrogen and oxygen atoms in total. The molecule has 2 amide bonds. The molecule has 1 aromatic rings. The summed E-state index contributed by atoms with van der Waals surface area (Å²) in [5, 5.41) is 7.54. The largest absolute Gasteiger partial charge is 0.426 e. The number of hydrogen-bond donors (Lipinski definition) is 2. The number of esters is 2. The van der Waals surface area contributed by atoms with Crippen molar-refractivity contribution >= 4 is 57.7 Å². The quantitative estimate of drug-likeness (QED) is 0.138. The second kappa shape index (κ2) is 12.0. The van der Waals surface area contributed by atoms with Gasteiger partial charge >= 0.3 is 11.9 Å². The first-order valence-corrected chi connectivity index (χ1v) is 12.5. The van der Waals surface area contributed by atoms with Gasteiger partial charge in [0.15, 0.2) is 10.8 Å². The number of nitrogen functional groups attached to an aromatic ring is 1. The average molecular weight is 540 g/mol. The number of carbonyl (C=O) groups is 4. The van der Waals surface area contributed by atoms with Crippen LogP contribution in [0, 0.1) is 0 Å². The van der Waals surface area contributed by atoms with Crippen molar-refractivity contribution in [2.24, 2.45) is 5.16 Å². The fourth-order valence-electron chi connectivity index (χ4n) is 3.41. The predicted molar refractivity (Wildman–Crippen MR) is 130 cm³/mol. The van der Waals surface area contributed by atoms with Gasteiger partial charge in [0.2, 0.25) is 6.29 Å². The zero-order valence-electron chi connectivity index (χ0n) is 19.9. The Hall–Kier alpha value is -3.43. The Morgan fingerprint density at radius 2 is 2.11 bits per heavy atom. The maximum absolute atomic E-state index is 13.1. The molecular weight excluding hydrogens is 514 g/mol. The highest BCUT2D eigenvalue weighted by molar-refractivity contribution is 8.00. The van der Waals surface area contributed by atoms with Gasteiger partial charge in [0.25, 0.3) is 11.8 Å². The Kier molecular flexibility index (Phi) is 9.06. The SMILES string of the molecule is COC/C=C/C1=C(C(=O)OC(C)OC(C)=O)N2C(=O)[C@@H](NC(=O)/C(=N\OC)c3csc(N)n3)[C@@H]2SC1. The third kappa shape index (κ3) is 6.03. The van der Waals surface area contributed by atoms with Gasteiger partial charge in [-0.3, -0.25) is 19.3 Å². The number of β-lactam (4-membered cyclic amide) rings is 1. The Bertz CT molecular complexity index is 1130. The van der Waals surface area contributed by atoms with E-state index in [4.69, 9.17) is 24.8 Å². The minimum Gasteiger partial charge on any atom is -0.426 e. The van der Waals surface area contributed by atoms with Gasteiger partial charge in [-0.1, -0.05) is 17.3 Å². The van der Waals surface area contributed by atoms with E-state index in [1.54, 1.807) is 12.2 Å². The average Bonchev–Trinajstić information content (AvgIpc) is 3.25. The summed E-state index contributed by atoms with van der Waals surface area (Å²) in [6, 6.07) is -0.946. The van der Waals surface area contributed by atoms with Crippen LogP contribution in [-0.2, 0) is 38.2 Å². The lowest BCUT2D eigenvalue weighted by atomic mass is 10.0. The van der Waals surface area contributed by atoms with Crippen LogP contribution in [0.3, 0.4) is 0 Å². The number of nitrogens with zero attached hydrogens (tertiary/aromatic N) is 3. The second-order valence-electron chi connectivity index (χ2n) is 7.37. The number of amides is 2. The Balaban J connectivity index is 1.82. The topological polar surface area (TPSA) is 172 Å². The second-order valence-corrected chi connectivity index (χ2v) is 9.36. The van der Waals surface area contributed by atoms with E-state index in [-0.39, 0.29) is 22.2 Å². The molecule has 0 saturated carbocycles.